The fourth-order valence-electron chi connectivity index (χ4n) is 1.72. The van der Waals surface area contributed by atoms with Crippen LogP contribution in [0.1, 0.15) is 20.8 Å². The maximum atomic E-state index is 11.8. The predicted molar refractivity (Wildman–Crippen MR) is 68.2 cm³/mol. The van der Waals surface area contributed by atoms with Crippen LogP contribution in [0.25, 0.3) is 0 Å². The molecule has 19 heavy (non-hydrogen) atoms. The second-order valence-electron chi connectivity index (χ2n) is 5.58. The van der Waals surface area contributed by atoms with Gasteiger partial charge < -0.3 is 24.4 Å². The average molecular weight is 274 g/mol. The van der Waals surface area contributed by atoms with Crippen LogP contribution in [0.4, 0.5) is 9.59 Å². The highest BCUT2D eigenvalue weighted by molar-refractivity contribution is 5.68. The molecule has 7 heteroatoms. The number of likely N-dealkylation sites (N-methyl/N-ethyl adjacent to an activating group) is 1. The molecule has 0 radical (unpaired) electrons. The van der Waals surface area contributed by atoms with Gasteiger partial charge in [0.25, 0.3) is 0 Å². The maximum absolute atomic E-state index is 11.8. The van der Waals surface area contributed by atoms with E-state index in [9.17, 15) is 9.59 Å². The first-order valence-corrected chi connectivity index (χ1v) is 6.22. The number of carboxylic acid groups (broad SMARTS) is 1. The summed E-state index contributed by atoms with van der Waals surface area (Å²) in [5, 5.41) is 8.92. The monoisotopic (exact) mass is 274 g/mol. The molecule has 1 atom stereocenters. The van der Waals surface area contributed by atoms with Crippen LogP contribution in [0.5, 0.6) is 0 Å². The SMILES string of the molecule is CN(C[C@H]1CN(C(=O)O)CCO1)C(=O)OC(C)(C)C. The molecular weight excluding hydrogens is 252 g/mol. The molecule has 0 bridgehead atoms. The lowest BCUT2D eigenvalue weighted by molar-refractivity contribution is -0.0383. The minimum absolute atomic E-state index is 0.266. The lowest BCUT2D eigenvalue weighted by Crippen LogP contribution is -2.50. The molecule has 1 fully saturated rings. The summed E-state index contributed by atoms with van der Waals surface area (Å²) >= 11 is 0. The van der Waals surface area contributed by atoms with Crippen molar-refractivity contribution in [3.63, 3.8) is 0 Å². The zero-order valence-corrected chi connectivity index (χ0v) is 11.9. The Labute approximate surface area is 113 Å². The molecule has 1 heterocycles. The molecular formula is C12H22N2O5. The van der Waals surface area contributed by atoms with Gasteiger partial charge in [-0.2, -0.15) is 0 Å². The summed E-state index contributed by atoms with van der Waals surface area (Å²) in [6, 6.07) is 0. The quantitative estimate of drug-likeness (QED) is 0.819. The average Bonchev–Trinajstić information content (AvgIpc) is 2.27. The molecule has 110 valence electrons. The van der Waals surface area contributed by atoms with Crippen molar-refractivity contribution >= 4 is 12.2 Å². The largest absolute Gasteiger partial charge is 0.465 e. The normalized spacial score (nSPS) is 20.0. The van der Waals surface area contributed by atoms with E-state index in [0.717, 1.165) is 0 Å². The van der Waals surface area contributed by atoms with Crippen molar-refractivity contribution in [1.82, 2.24) is 9.80 Å². The van der Waals surface area contributed by atoms with Crippen molar-refractivity contribution < 1.29 is 24.2 Å². The van der Waals surface area contributed by atoms with Crippen molar-refractivity contribution in [2.24, 2.45) is 0 Å². The Bertz CT molecular complexity index is 340. The van der Waals surface area contributed by atoms with E-state index >= 15 is 0 Å². The first kappa shape index (κ1) is 15.6. The maximum Gasteiger partial charge on any atom is 0.410 e. The Morgan fingerprint density at radius 1 is 1.47 bits per heavy atom. The number of carbonyl (C=O) groups excluding carboxylic acids is 1. The molecule has 0 saturated carbocycles. The zero-order chi connectivity index (χ0) is 14.6. The summed E-state index contributed by atoms with van der Waals surface area (Å²) in [4.78, 5) is 25.3. The smallest absolute Gasteiger partial charge is 0.410 e. The van der Waals surface area contributed by atoms with Gasteiger partial charge in [0.05, 0.1) is 25.8 Å². The zero-order valence-electron chi connectivity index (χ0n) is 11.9. The van der Waals surface area contributed by atoms with E-state index in [0.29, 0.717) is 19.7 Å². The number of nitrogens with zero attached hydrogens (tertiary/aromatic N) is 2. The number of hydrogen-bond acceptors (Lipinski definition) is 4. The van der Waals surface area contributed by atoms with Gasteiger partial charge in [-0.3, -0.25) is 0 Å². The highest BCUT2D eigenvalue weighted by atomic mass is 16.6. The van der Waals surface area contributed by atoms with Crippen LogP contribution in [0, 0.1) is 0 Å². The fourth-order valence-corrected chi connectivity index (χ4v) is 1.72. The third-order valence-corrected chi connectivity index (χ3v) is 2.59. The number of hydrogen-bond donors (Lipinski definition) is 1. The van der Waals surface area contributed by atoms with Gasteiger partial charge in [0.1, 0.15) is 5.60 Å². The van der Waals surface area contributed by atoms with Crippen LogP contribution >= 0.6 is 0 Å². The Balaban J connectivity index is 2.45. The molecule has 0 aliphatic carbocycles. The third kappa shape index (κ3) is 5.34. The van der Waals surface area contributed by atoms with Crippen molar-refractivity contribution in [3.05, 3.63) is 0 Å². The lowest BCUT2D eigenvalue weighted by Gasteiger charge is -2.33. The van der Waals surface area contributed by atoms with E-state index in [4.69, 9.17) is 14.6 Å². The van der Waals surface area contributed by atoms with Crippen LogP contribution in [0.15, 0.2) is 0 Å². The number of rotatable bonds is 2. The van der Waals surface area contributed by atoms with E-state index in [2.05, 4.69) is 0 Å². The minimum atomic E-state index is -0.965. The highest BCUT2D eigenvalue weighted by Crippen LogP contribution is 2.11. The third-order valence-electron chi connectivity index (χ3n) is 2.59. The van der Waals surface area contributed by atoms with Crippen LogP contribution in [0.3, 0.4) is 0 Å². The Hall–Kier alpha value is -1.50. The Kier molecular flexibility index (Phi) is 4.99. The molecule has 1 aliphatic heterocycles. The summed E-state index contributed by atoms with van der Waals surface area (Å²) < 4.78 is 10.7. The van der Waals surface area contributed by atoms with E-state index < -0.39 is 17.8 Å². The molecule has 0 aromatic heterocycles. The topological polar surface area (TPSA) is 79.3 Å². The molecule has 1 saturated heterocycles. The Morgan fingerprint density at radius 2 is 2.11 bits per heavy atom. The van der Waals surface area contributed by atoms with Crippen molar-refractivity contribution in [3.8, 4) is 0 Å². The fraction of sp³-hybridized carbons (Fsp3) is 0.833. The van der Waals surface area contributed by atoms with Crippen LogP contribution in [-0.4, -0.2) is 72.1 Å². The standard InChI is InChI=1S/C12H22N2O5/c1-12(2,3)19-11(17)13(4)7-9-8-14(10(15)16)5-6-18-9/h9H,5-8H2,1-4H3,(H,15,16)/t9-/m0/s1. The van der Waals surface area contributed by atoms with Gasteiger partial charge in [-0.05, 0) is 20.8 Å². The summed E-state index contributed by atoms with van der Waals surface area (Å²) in [6.45, 7) is 6.66. The van der Waals surface area contributed by atoms with Gasteiger partial charge in [-0.1, -0.05) is 0 Å². The molecule has 1 N–H and O–H groups in total. The molecule has 1 aliphatic rings. The van der Waals surface area contributed by atoms with E-state index in [1.165, 1.54) is 9.80 Å². The first-order valence-electron chi connectivity index (χ1n) is 6.22. The van der Waals surface area contributed by atoms with Gasteiger partial charge in [-0.15, -0.1) is 0 Å². The molecule has 0 aromatic carbocycles. The minimum Gasteiger partial charge on any atom is -0.465 e. The van der Waals surface area contributed by atoms with E-state index in [-0.39, 0.29) is 12.6 Å². The molecule has 0 spiro atoms. The lowest BCUT2D eigenvalue weighted by atomic mass is 10.2. The van der Waals surface area contributed by atoms with Crippen LogP contribution < -0.4 is 0 Å². The first-order chi connectivity index (χ1) is 8.69. The second kappa shape index (κ2) is 6.10. The van der Waals surface area contributed by atoms with Gasteiger partial charge in [0, 0.05) is 13.6 Å². The number of carbonyl (C=O) groups is 2. The number of ether oxygens (including phenoxy) is 2. The van der Waals surface area contributed by atoms with E-state index in [1.807, 2.05) is 0 Å². The van der Waals surface area contributed by atoms with Crippen LogP contribution in [0.2, 0.25) is 0 Å². The van der Waals surface area contributed by atoms with Crippen molar-refractivity contribution in [2.75, 3.05) is 33.3 Å². The molecule has 1 rings (SSSR count). The predicted octanol–water partition coefficient (Wildman–Crippen LogP) is 1.23. The summed E-state index contributed by atoms with van der Waals surface area (Å²) in [5.74, 6) is 0. The van der Waals surface area contributed by atoms with Gasteiger partial charge in [-0.25, -0.2) is 9.59 Å². The van der Waals surface area contributed by atoms with Crippen molar-refractivity contribution in [2.45, 2.75) is 32.5 Å². The Morgan fingerprint density at radius 3 is 2.63 bits per heavy atom. The van der Waals surface area contributed by atoms with Gasteiger partial charge in [0.2, 0.25) is 0 Å². The summed E-state index contributed by atoms with van der Waals surface area (Å²) in [6.07, 6.45) is -1.72. The summed E-state index contributed by atoms with van der Waals surface area (Å²) in [7, 11) is 1.61. The van der Waals surface area contributed by atoms with Crippen molar-refractivity contribution in [1.29, 1.82) is 0 Å². The second-order valence-corrected chi connectivity index (χ2v) is 5.58. The highest BCUT2D eigenvalue weighted by Gasteiger charge is 2.27. The number of morpholine rings is 1. The molecule has 7 nitrogen and oxygen atoms in total. The molecule has 0 unspecified atom stereocenters. The summed E-state index contributed by atoms with van der Waals surface area (Å²) in [5.41, 5.74) is -0.550. The van der Waals surface area contributed by atoms with Gasteiger partial charge in [0.15, 0.2) is 0 Å². The van der Waals surface area contributed by atoms with Crippen LogP contribution in [-0.2, 0) is 9.47 Å². The number of amides is 2. The van der Waals surface area contributed by atoms with Gasteiger partial charge >= 0.3 is 12.2 Å². The molecule has 2 amide bonds. The van der Waals surface area contributed by atoms with E-state index in [1.54, 1.807) is 27.8 Å². The molecule has 0 aromatic rings.